The van der Waals surface area contributed by atoms with Gasteiger partial charge in [-0.15, -0.1) is 0 Å². The van der Waals surface area contributed by atoms with Crippen molar-refractivity contribution < 1.29 is 13.2 Å². The Morgan fingerprint density at radius 1 is 1.22 bits per heavy atom. The van der Waals surface area contributed by atoms with Crippen LogP contribution in [0.15, 0.2) is 53.4 Å². The number of primary sulfonamides is 1. The number of benzene rings is 2. The van der Waals surface area contributed by atoms with Gasteiger partial charge in [0.1, 0.15) is 0 Å². The van der Waals surface area contributed by atoms with Crippen molar-refractivity contribution in [2.75, 3.05) is 5.32 Å². The highest BCUT2D eigenvalue weighted by molar-refractivity contribution is 7.89. The van der Waals surface area contributed by atoms with Crippen molar-refractivity contribution in [2.45, 2.75) is 11.8 Å². The van der Waals surface area contributed by atoms with Gasteiger partial charge in [-0.2, -0.15) is 0 Å². The van der Waals surface area contributed by atoms with Gasteiger partial charge >= 0.3 is 0 Å². The van der Waals surface area contributed by atoms with Crippen LogP contribution in [0.25, 0.3) is 6.08 Å². The molecule has 0 unspecified atom stereocenters. The number of anilines is 1. The van der Waals surface area contributed by atoms with E-state index in [0.717, 1.165) is 11.1 Å². The Morgan fingerprint density at radius 3 is 2.61 bits per heavy atom. The fraction of sp³-hybridized carbons (Fsp3) is 0.0625. The van der Waals surface area contributed by atoms with Gasteiger partial charge in [0.05, 0.1) is 4.90 Å². The average Bonchev–Trinajstić information content (AvgIpc) is 2.48. The molecule has 23 heavy (non-hydrogen) atoms. The van der Waals surface area contributed by atoms with Crippen LogP contribution in [0.5, 0.6) is 0 Å². The van der Waals surface area contributed by atoms with Crippen molar-refractivity contribution >= 4 is 39.3 Å². The van der Waals surface area contributed by atoms with Gasteiger partial charge in [-0.05, 0) is 48.4 Å². The van der Waals surface area contributed by atoms with Crippen molar-refractivity contribution in [1.29, 1.82) is 0 Å². The van der Waals surface area contributed by atoms with E-state index in [-0.39, 0.29) is 4.90 Å². The van der Waals surface area contributed by atoms with Gasteiger partial charge in [0, 0.05) is 16.8 Å². The Hall–Kier alpha value is -2.15. The quantitative estimate of drug-likeness (QED) is 0.831. The molecule has 0 atom stereocenters. The first-order valence-corrected chi connectivity index (χ1v) is 8.56. The zero-order valence-electron chi connectivity index (χ0n) is 12.3. The molecule has 0 radical (unpaired) electrons. The minimum Gasteiger partial charge on any atom is -0.322 e. The van der Waals surface area contributed by atoms with Crippen LogP contribution in [0.2, 0.25) is 5.02 Å². The topological polar surface area (TPSA) is 89.3 Å². The standard InChI is InChI=1S/C16H15ClN2O3S/c1-11-5-6-12(9-15(11)17)7-8-16(20)19-13-3-2-4-14(10-13)23(18,21)22/h2-10H,1H3,(H,19,20)(H2,18,21,22)/b8-7+. The molecule has 0 saturated heterocycles. The zero-order valence-corrected chi connectivity index (χ0v) is 13.9. The smallest absolute Gasteiger partial charge is 0.248 e. The number of hydrogen-bond acceptors (Lipinski definition) is 3. The van der Waals surface area contributed by atoms with Gasteiger partial charge in [-0.3, -0.25) is 4.79 Å². The van der Waals surface area contributed by atoms with E-state index < -0.39 is 15.9 Å². The van der Waals surface area contributed by atoms with Crippen molar-refractivity contribution in [3.8, 4) is 0 Å². The number of hydrogen-bond donors (Lipinski definition) is 2. The van der Waals surface area contributed by atoms with Crippen LogP contribution in [0, 0.1) is 6.92 Å². The molecule has 0 aromatic heterocycles. The molecule has 120 valence electrons. The van der Waals surface area contributed by atoms with E-state index in [9.17, 15) is 13.2 Å². The Labute approximate surface area is 139 Å². The summed E-state index contributed by atoms with van der Waals surface area (Å²) in [5, 5.41) is 8.24. The maximum Gasteiger partial charge on any atom is 0.248 e. The van der Waals surface area contributed by atoms with E-state index in [4.69, 9.17) is 16.7 Å². The van der Waals surface area contributed by atoms with Gasteiger partial charge < -0.3 is 5.32 Å². The lowest BCUT2D eigenvalue weighted by Gasteiger charge is -2.04. The molecular weight excluding hydrogens is 336 g/mol. The highest BCUT2D eigenvalue weighted by Crippen LogP contribution is 2.18. The molecule has 0 heterocycles. The highest BCUT2D eigenvalue weighted by Gasteiger charge is 2.08. The molecule has 1 amide bonds. The first-order chi connectivity index (χ1) is 10.8. The number of nitrogens with one attached hydrogen (secondary N) is 1. The summed E-state index contributed by atoms with van der Waals surface area (Å²) in [6.45, 7) is 1.89. The van der Waals surface area contributed by atoms with Crippen LogP contribution in [-0.4, -0.2) is 14.3 Å². The number of carbonyl (C=O) groups is 1. The summed E-state index contributed by atoms with van der Waals surface area (Å²) in [5.41, 5.74) is 2.08. The van der Waals surface area contributed by atoms with Crippen LogP contribution in [0.3, 0.4) is 0 Å². The summed E-state index contributed by atoms with van der Waals surface area (Å²) in [7, 11) is -3.81. The van der Waals surface area contributed by atoms with Gasteiger partial charge in [-0.25, -0.2) is 13.6 Å². The lowest BCUT2D eigenvalue weighted by atomic mass is 10.1. The molecule has 2 aromatic rings. The second-order valence-electron chi connectivity index (χ2n) is 4.90. The number of carbonyl (C=O) groups excluding carboxylic acids is 1. The van der Waals surface area contributed by atoms with Gasteiger partial charge in [0.15, 0.2) is 0 Å². The minimum atomic E-state index is -3.81. The van der Waals surface area contributed by atoms with E-state index in [1.54, 1.807) is 18.2 Å². The summed E-state index contributed by atoms with van der Waals surface area (Å²) in [5.74, 6) is -0.395. The molecule has 0 spiro atoms. The van der Waals surface area contributed by atoms with Crippen LogP contribution in [0.4, 0.5) is 5.69 Å². The third kappa shape index (κ3) is 4.92. The summed E-state index contributed by atoms with van der Waals surface area (Å²) in [4.78, 5) is 11.8. The van der Waals surface area contributed by atoms with E-state index in [1.807, 2.05) is 19.1 Å². The van der Waals surface area contributed by atoms with E-state index in [1.165, 1.54) is 24.3 Å². The molecular formula is C16H15ClN2O3S. The lowest BCUT2D eigenvalue weighted by molar-refractivity contribution is -0.111. The number of nitrogens with two attached hydrogens (primary N) is 1. The predicted molar refractivity (Wildman–Crippen MR) is 91.7 cm³/mol. The largest absolute Gasteiger partial charge is 0.322 e. The SMILES string of the molecule is Cc1ccc(/C=C/C(=O)Nc2cccc(S(N)(=O)=O)c2)cc1Cl. The Kier molecular flexibility index (Phi) is 5.20. The highest BCUT2D eigenvalue weighted by atomic mass is 35.5. The molecule has 7 heteroatoms. The van der Waals surface area contributed by atoms with Crippen molar-refractivity contribution in [1.82, 2.24) is 0 Å². The third-order valence-corrected chi connectivity index (χ3v) is 4.37. The van der Waals surface area contributed by atoms with Crippen molar-refractivity contribution in [3.05, 3.63) is 64.7 Å². The van der Waals surface area contributed by atoms with E-state index >= 15 is 0 Å². The molecule has 2 aromatic carbocycles. The van der Waals surface area contributed by atoms with Gasteiger partial charge in [-0.1, -0.05) is 29.8 Å². The fourth-order valence-corrected chi connectivity index (χ4v) is 2.57. The van der Waals surface area contributed by atoms with Crippen LogP contribution < -0.4 is 10.5 Å². The molecule has 0 bridgehead atoms. The summed E-state index contributed by atoms with van der Waals surface area (Å²) >= 11 is 6.02. The van der Waals surface area contributed by atoms with Crippen molar-refractivity contribution in [2.24, 2.45) is 5.14 Å². The van der Waals surface area contributed by atoms with Gasteiger partial charge in [0.25, 0.3) is 0 Å². The van der Waals surface area contributed by atoms with Gasteiger partial charge in [0.2, 0.25) is 15.9 Å². The van der Waals surface area contributed by atoms with Crippen molar-refractivity contribution in [3.63, 3.8) is 0 Å². The Morgan fingerprint density at radius 2 is 1.96 bits per heavy atom. The second kappa shape index (κ2) is 6.95. The number of halogens is 1. The summed E-state index contributed by atoms with van der Waals surface area (Å²) in [6.07, 6.45) is 2.95. The third-order valence-electron chi connectivity index (χ3n) is 3.05. The number of aryl methyl sites for hydroxylation is 1. The minimum absolute atomic E-state index is 0.0652. The average molecular weight is 351 g/mol. The Bertz CT molecular complexity index is 877. The summed E-state index contributed by atoms with van der Waals surface area (Å²) < 4.78 is 22.6. The Balaban J connectivity index is 2.10. The van der Waals surface area contributed by atoms with E-state index in [0.29, 0.717) is 10.7 Å². The maximum atomic E-state index is 11.9. The molecule has 0 aliphatic carbocycles. The molecule has 0 aliphatic rings. The predicted octanol–water partition coefficient (Wildman–Crippen LogP) is 2.95. The number of sulfonamides is 1. The second-order valence-corrected chi connectivity index (χ2v) is 6.87. The first kappa shape index (κ1) is 17.2. The van der Waals surface area contributed by atoms with Crippen LogP contribution in [-0.2, 0) is 14.8 Å². The number of rotatable bonds is 4. The molecule has 0 aliphatic heterocycles. The maximum absolute atomic E-state index is 11.9. The number of amides is 1. The van der Waals surface area contributed by atoms with Crippen LogP contribution in [0.1, 0.15) is 11.1 Å². The fourth-order valence-electron chi connectivity index (χ4n) is 1.82. The lowest BCUT2D eigenvalue weighted by Crippen LogP contribution is -2.13. The molecule has 0 saturated carbocycles. The zero-order chi connectivity index (χ0) is 17.0. The normalized spacial score (nSPS) is 11.6. The summed E-state index contributed by atoms with van der Waals surface area (Å²) in [6, 6.07) is 11.2. The monoisotopic (exact) mass is 350 g/mol. The van der Waals surface area contributed by atoms with E-state index in [2.05, 4.69) is 5.32 Å². The van der Waals surface area contributed by atoms with Crippen LogP contribution >= 0.6 is 11.6 Å². The molecule has 0 fully saturated rings. The first-order valence-electron chi connectivity index (χ1n) is 6.64. The molecule has 5 nitrogen and oxygen atoms in total. The molecule has 3 N–H and O–H groups in total. The molecule has 2 rings (SSSR count).